The van der Waals surface area contributed by atoms with Gasteiger partial charge in [-0.05, 0) is 70.6 Å². The highest BCUT2D eigenvalue weighted by atomic mass is 16.6. The van der Waals surface area contributed by atoms with Gasteiger partial charge in [0, 0.05) is 12.8 Å². The number of allylic oxidation sites excluding steroid dienone is 6. The molecule has 1 unspecified atom stereocenters. The summed E-state index contributed by atoms with van der Waals surface area (Å²) in [7, 11) is 0. The molecule has 0 spiro atoms. The Bertz CT molecular complexity index is 711. The number of hydrogen-bond acceptors (Lipinski definition) is 5. The average molecular weight is 619 g/mol. The van der Waals surface area contributed by atoms with Crippen molar-refractivity contribution in [2.45, 2.75) is 187 Å². The number of aliphatic hydroxyl groups excluding tert-OH is 1. The molecule has 0 aromatic rings. The van der Waals surface area contributed by atoms with Crippen molar-refractivity contribution >= 4 is 11.9 Å². The first-order valence-corrected chi connectivity index (χ1v) is 18.5. The Balaban J connectivity index is 3.48. The van der Waals surface area contributed by atoms with E-state index in [2.05, 4.69) is 50.3 Å². The molecular weight excluding hydrogens is 548 g/mol. The van der Waals surface area contributed by atoms with Gasteiger partial charge in [-0.3, -0.25) is 9.59 Å². The van der Waals surface area contributed by atoms with Gasteiger partial charge in [0.05, 0.1) is 0 Å². The highest BCUT2D eigenvalue weighted by Gasteiger charge is 2.12. The summed E-state index contributed by atoms with van der Waals surface area (Å²) in [6, 6.07) is 0. The van der Waals surface area contributed by atoms with Crippen LogP contribution >= 0.6 is 0 Å². The van der Waals surface area contributed by atoms with Crippen LogP contribution in [0, 0.1) is 0 Å². The fourth-order valence-electron chi connectivity index (χ4n) is 4.99. The number of hydrogen-bond donors (Lipinski definition) is 1. The Morgan fingerprint density at radius 3 is 1.23 bits per heavy atom. The number of esters is 2. The SMILES string of the molecule is CCCCC/C=C\C/C=C/CCCCCCCC(=O)OCC(O)COC(=O)CCCCCCC/C=C\CCCCCCCC. The first-order valence-electron chi connectivity index (χ1n) is 18.5. The van der Waals surface area contributed by atoms with Crippen LogP contribution in [-0.4, -0.2) is 36.4 Å². The molecule has 0 aliphatic rings. The summed E-state index contributed by atoms with van der Waals surface area (Å²) in [6.07, 6.45) is 41.9. The van der Waals surface area contributed by atoms with Gasteiger partial charge in [0.1, 0.15) is 19.3 Å². The lowest BCUT2D eigenvalue weighted by atomic mass is 10.1. The predicted octanol–water partition coefficient (Wildman–Crippen LogP) is 11.3. The predicted molar refractivity (Wildman–Crippen MR) is 187 cm³/mol. The molecule has 1 N–H and O–H groups in total. The number of carbonyl (C=O) groups excluding carboxylic acids is 2. The molecule has 0 amide bonds. The first kappa shape index (κ1) is 42.1. The molecule has 256 valence electrons. The second-order valence-corrected chi connectivity index (χ2v) is 12.3. The van der Waals surface area contributed by atoms with Crippen LogP contribution in [0.15, 0.2) is 36.5 Å². The van der Waals surface area contributed by atoms with Gasteiger partial charge in [-0.25, -0.2) is 0 Å². The van der Waals surface area contributed by atoms with Crippen LogP contribution in [0.3, 0.4) is 0 Å². The largest absolute Gasteiger partial charge is 0.463 e. The molecule has 5 heteroatoms. The second-order valence-electron chi connectivity index (χ2n) is 12.3. The quantitative estimate of drug-likeness (QED) is 0.0450. The number of aliphatic hydroxyl groups is 1. The van der Waals surface area contributed by atoms with Gasteiger partial charge >= 0.3 is 11.9 Å². The maximum absolute atomic E-state index is 11.9. The van der Waals surface area contributed by atoms with E-state index in [0.29, 0.717) is 12.8 Å². The molecule has 0 radical (unpaired) electrons. The molecule has 0 aliphatic carbocycles. The van der Waals surface area contributed by atoms with Gasteiger partial charge < -0.3 is 14.6 Å². The number of carbonyl (C=O) groups is 2. The summed E-state index contributed by atoms with van der Waals surface area (Å²) in [6.45, 7) is 4.24. The molecule has 0 aliphatic heterocycles. The van der Waals surface area contributed by atoms with Gasteiger partial charge in [-0.1, -0.05) is 134 Å². The summed E-state index contributed by atoms with van der Waals surface area (Å²) in [5.74, 6) is -0.590. The van der Waals surface area contributed by atoms with Crippen LogP contribution in [0.25, 0.3) is 0 Å². The van der Waals surface area contributed by atoms with E-state index >= 15 is 0 Å². The van der Waals surface area contributed by atoms with Crippen molar-refractivity contribution in [3.8, 4) is 0 Å². The van der Waals surface area contributed by atoms with Crippen LogP contribution in [0.1, 0.15) is 181 Å². The third-order valence-electron chi connectivity index (χ3n) is 7.85. The minimum absolute atomic E-state index is 0.124. The molecule has 1 atom stereocenters. The van der Waals surface area contributed by atoms with E-state index in [-0.39, 0.29) is 25.2 Å². The van der Waals surface area contributed by atoms with Crippen molar-refractivity contribution in [1.82, 2.24) is 0 Å². The van der Waals surface area contributed by atoms with Crippen molar-refractivity contribution in [3.05, 3.63) is 36.5 Å². The monoisotopic (exact) mass is 619 g/mol. The van der Waals surface area contributed by atoms with Crippen LogP contribution in [0.5, 0.6) is 0 Å². The van der Waals surface area contributed by atoms with Crippen molar-refractivity contribution < 1.29 is 24.2 Å². The maximum Gasteiger partial charge on any atom is 0.305 e. The minimum Gasteiger partial charge on any atom is -0.463 e. The molecule has 5 nitrogen and oxygen atoms in total. The van der Waals surface area contributed by atoms with Gasteiger partial charge in [0.25, 0.3) is 0 Å². The van der Waals surface area contributed by atoms with Crippen LogP contribution < -0.4 is 0 Å². The fraction of sp³-hybridized carbons (Fsp3) is 0.795. The highest BCUT2D eigenvalue weighted by Crippen LogP contribution is 2.11. The number of unbranched alkanes of at least 4 members (excludes halogenated alkanes) is 19. The zero-order valence-electron chi connectivity index (χ0n) is 28.9. The molecule has 0 aromatic heterocycles. The van der Waals surface area contributed by atoms with E-state index in [1.807, 2.05) is 0 Å². The van der Waals surface area contributed by atoms with Crippen molar-refractivity contribution in [3.63, 3.8) is 0 Å². The Labute approximate surface area is 272 Å². The third kappa shape index (κ3) is 34.6. The lowest BCUT2D eigenvalue weighted by molar-refractivity contribution is -0.152. The van der Waals surface area contributed by atoms with E-state index in [9.17, 15) is 14.7 Å². The number of ether oxygens (including phenoxy) is 2. The Morgan fingerprint density at radius 2 is 0.795 bits per heavy atom. The summed E-state index contributed by atoms with van der Waals surface area (Å²) in [4.78, 5) is 23.9. The molecule has 44 heavy (non-hydrogen) atoms. The van der Waals surface area contributed by atoms with E-state index in [0.717, 1.165) is 57.8 Å². The smallest absolute Gasteiger partial charge is 0.305 e. The molecule has 0 saturated heterocycles. The summed E-state index contributed by atoms with van der Waals surface area (Å²) in [5, 5.41) is 9.99. The topological polar surface area (TPSA) is 72.8 Å². The first-order chi connectivity index (χ1) is 21.6. The van der Waals surface area contributed by atoms with Gasteiger partial charge in [-0.2, -0.15) is 0 Å². The van der Waals surface area contributed by atoms with Crippen molar-refractivity contribution in [1.29, 1.82) is 0 Å². The van der Waals surface area contributed by atoms with Crippen LogP contribution in [-0.2, 0) is 19.1 Å². The lowest BCUT2D eigenvalue weighted by Gasteiger charge is -2.12. The minimum atomic E-state index is -0.971. The summed E-state index contributed by atoms with van der Waals surface area (Å²) in [5.41, 5.74) is 0. The zero-order valence-corrected chi connectivity index (χ0v) is 28.9. The number of rotatable bonds is 33. The van der Waals surface area contributed by atoms with Crippen LogP contribution in [0.2, 0.25) is 0 Å². The van der Waals surface area contributed by atoms with Gasteiger partial charge in [-0.15, -0.1) is 0 Å². The normalized spacial score (nSPS) is 12.5. The van der Waals surface area contributed by atoms with Crippen molar-refractivity contribution in [2.75, 3.05) is 13.2 Å². The van der Waals surface area contributed by atoms with Crippen LogP contribution in [0.4, 0.5) is 0 Å². The second kappa shape index (κ2) is 35.6. The Hall–Kier alpha value is -1.88. The molecule has 0 fully saturated rings. The molecular formula is C39H70O5. The molecule has 0 saturated carbocycles. The van der Waals surface area contributed by atoms with Gasteiger partial charge in [0.15, 0.2) is 0 Å². The molecule has 0 aromatic carbocycles. The lowest BCUT2D eigenvalue weighted by Crippen LogP contribution is -2.25. The molecule has 0 rings (SSSR count). The highest BCUT2D eigenvalue weighted by molar-refractivity contribution is 5.69. The third-order valence-corrected chi connectivity index (χ3v) is 7.85. The standard InChI is InChI=1S/C39H70O5/c1-3-5-7-9-11-13-15-17-19-21-23-25-27-29-31-33-38(41)43-35-37(40)36-44-39(42)34-32-30-28-26-24-22-20-18-16-14-12-10-8-6-4-2/h11,13,17-20,37,40H,3-10,12,14-16,21-36H2,1-2H3/b13-11-,19-17+,20-18-. The van der Waals surface area contributed by atoms with E-state index < -0.39 is 6.10 Å². The Kier molecular flexibility index (Phi) is 34.1. The van der Waals surface area contributed by atoms with E-state index in [1.165, 1.54) is 96.3 Å². The Morgan fingerprint density at radius 1 is 0.477 bits per heavy atom. The summed E-state index contributed by atoms with van der Waals surface area (Å²) >= 11 is 0. The summed E-state index contributed by atoms with van der Waals surface area (Å²) < 4.78 is 10.3. The van der Waals surface area contributed by atoms with E-state index in [4.69, 9.17) is 9.47 Å². The average Bonchev–Trinajstić information content (AvgIpc) is 3.02. The zero-order chi connectivity index (χ0) is 32.2. The maximum atomic E-state index is 11.9. The van der Waals surface area contributed by atoms with Gasteiger partial charge in [0.2, 0.25) is 0 Å². The molecule has 0 heterocycles. The van der Waals surface area contributed by atoms with Crippen molar-refractivity contribution in [2.24, 2.45) is 0 Å². The van der Waals surface area contributed by atoms with E-state index in [1.54, 1.807) is 0 Å². The molecule has 0 bridgehead atoms. The fourth-order valence-corrected chi connectivity index (χ4v) is 4.99.